The zero-order valence-electron chi connectivity index (χ0n) is 27.5. The quantitative estimate of drug-likeness (QED) is 0.0998. The van der Waals surface area contributed by atoms with Crippen molar-refractivity contribution in [3.8, 4) is 16.9 Å². The highest BCUT2D eigenvalue weighted by Gasteiger charge is 2.48. The molecule has 2 amide bonds. The number of unbranched alkanes of at least 4 members (excludes halogenated alkanes) is 1. The molecule has 2 saturated carbocycles. The van der Waals surface area contributed by atoms with Crippen LogP contribution in [0.5, 0.6) is 5.75 Å². The number of halogens is 2. The van der Waals surface area contributed by atoms with Crippen LogP contribution in [0.4, 0.5) is 0 Å². The highest BCUT2D eigenvalue weighted by molar-refractivity contribution is 6.34. The molecule has 270 valence electrons. The molecule has 0 aliphatic heterocycles. The Kier molecular flexibility index (Phi) is 12.7. The number of nitrogens with two attached hydrogens (primary N) is 1. The van der Waals surface area contributed by atoms with Gasteiger partial charge in [0.15, 0.2) is 6.10 Å². The number of amides is 2. The van der Waals surface area contributed by atoms with Gasteiger partial charge in [-0.2, -0.15) is 0 Å². The first-order chi connectivity index (χ1) is 23.9. The standard InChI is InChI=1S/C36H43Cl2N3O9/c37-27-16-22(20-49-36(11-12-36)26-17-40-13-10-24(26)25-6-1-2-7-30(25)50-23-8-9-23)28(38)15-21(27)5-3-4-14-41(18-31(39)44)35(48)34(47)33(46)32(45)29(43)19-42/h1-2,6-7,10,13,15-17,23,29,32-34,42-43,45-47H,3-5,8-9,11-12,14,18-20H2,(H2,39,44)/t29-,32+,33-,34-/m0/s1. The molecule has 1 aromatic heterocycles. The Labute approximate surface area is 300 Å². The van der Waals surface area contributed by atoms with E-state index in [1.165, 1.54) is 0 Å². The van der Waals surface area contributed by atoms with Crippen LogP contribution in [0.3, 0.4) is 0 Å². The number of carbonyl (C=O) groups is 2. The Bertz CT molecular complexity index is 1650. The highest BCUT2D eigenvalue weighted by atomic mass is 35.5. The van der Waals surface area contributed by atoms with Crippen molar-refractivity contribution in [2.45, 2.75) is 87.7 Å². The predicted octanol–water partition coefficient (Wildman–Crippen LogP) is 2.88. The van der Waals surface area contributed by atoms with Crippen LogP contribution in [0.25, 0.3) is 11.1 Å². The Morgan fingerprint density at radius 2 is 1.68 bits per heavy atom. The summed E-state index contributed by atoms with van der Waals surface area (Å²) in [6.45, 7) is -1.21. The van der Waals surface area contributed by atoms with Crippen LogP contribution < -0.4 is 10.5 Å². The monoisotopic (exact) mass is 731 g/mol. The number of aromatic nitrogens is 1. The molecular weight excluding hydrogens is 689 g/mol. The number of benzene rings is 2. The first-order valence-corrected chi connectivity index (χ1v) is 17.4. The maximum atomic E-state index is 12.8. The van der Waals surface area contributed by atoms with Gasteiger partial charge in [-0.1, -0.05) is 41.4 Å². The molecule has 0 bridgehead atoms. The number of pyridine rings is 1. The number of aliphatic hydroxyl groups excluding tert-OH is 5. The second-order valence-electron chi connectivity index (χ2n) is 12.9. The largest absolute Gasteiger partial charge is 0.490 e. The van der Waals surface area contributed by atoms with Crippen molar-refractivity contribution in [1.82, 2.24) is 9.88 Å². The summed E-state index contributed by atoms with van der Waals surface area (Å²) in [6, 6.07) is 13.6. The third-order valence-electron chi connectivity index (χ3n) is 9.02. The fraction of sp³-hybridized carbons (Fsp3) is 0.472. The number of rotatable bonds is 19. The van der Waals surface area contributed by atoms with Crippen LogP contribution in [0.15, 0.2) is 54.9 Å². The molecule has 50 heavy (non-hydrogen) atoms. The lowest BCUT2D eigenvalue weighted by Gasteiger charge is -2.29. The average molecular weight is 733 g/mol. The van der Waals surface area contributed by atoms with Crippen molar-refractivity contribution in [2.75, 3.05) is 19.7 Å². The number of aliphatic hydroxyl groups is 5. The van der Waals surface area contributed by atoms with Crippen LogP contribution in [-0.4, -0.2) is 97.4 Å². The van der Waals surface area contributed by atoms with Crippen LogP contribution >= 0.6 is 23.2 Å². The maximum Gasteiger partial charge on any atom is 0.254 e. The van der Waals surface area contributed by atoms with Gasteiger partial charge >= 0.3 is 0 Å². The minimum absolute atomic E-state index is 0.00290. The molecular formula is C36H43Cl2N3O9. The van der Waals surface area contributed by atoms with E-state index >= 15 is 0 Å². The van der Waals surface area contributed by atoms with Gasteiger partial charge in [0.1, 0.15) is 24.1 Å². The van der Waals surface area contributed by atoms with E-state index in [4.69, 9.17) is 43.5 Å². The topological polar surface area (TPSA) is 196 Å². The Hall–Kier alpha value is -3.33. The van der Waals surface area contributed by atoms with E-state index in [0.717, 1.165) is 64.1 Å². The summed E-state index contributed by atoms with van der Waals surface area (Å²) in [6.07, 6.45) is 1.00. The molecule has 12 nitrogen and oxygen atoms in total. The van der Waals surface area contributed by atoms with E-state index in [1.807, 2.05) is 30.5 Å². The first-order valence-electron chi connectivity index (χ1n) is 16.7. The fourth-order valence-corrected chi connectivity index (χ4v) is 6.35. The third-order valence-corrected chi connectivity index (χ3v) is 9.72. The van der Waals surface area contributed by atoms with Gasteiger partial charge in [-0.3, -0.25) is 14.6 Å². The van der Waals surface area contributed by atoms with E-state index in [1.54, 1.807) is 18.3 Å². The van der Waals surface area contributed by atoms with Gasteiger partial charge in [-0.05, 0) is 85.9 Å². The van der Waals surface area contributed by atoms with Gasteiger partial charge in [-0.15, -0.1) is 0 Å². The minimum atomic E-state index is -2.16. The van der Waals surface area contributed by atoms with Gasteiger partial charge in [-0.25, -0.2) is 0 Å². The Balaban J connectivity index is 1.19. The zero-order valence-corrected chi connectivity index (χ0v) is 29.0. The summed E-state index contributed by atoms with van der Waals surface area (Å²) >= 11 is 13.4. The summed E-state index contributed by atoms with van der Waals surface area (Å²) in [5.74, 6) is -1.06. The van der Waals surface area contributed by atoms with Crippen LogP contribution in [0.1, 0.15) is 55.2 Å². The first kappa shape index (κ1) is 37.9. The number of aryl methyl sites for hydroxylation is 1. The molecule has 5 rings (SSSR count). The molecule has 0 saturated heterocycles. The minimum Gasteiger partial charge on any atom is -0.490 e. The molecule has 7 N–H and O–H groups in total. The molecule has 0 spiro atoms. The van der Waals surface area contributed by atoms with Crippen molar-refractivity contribution in [3.63, 3.8) is 0 Å². The second-order valence-corrected chi connectivity index (χ2v) is 13.7. The molecule has 2 aromatic carbocycles. The van der Waals surface area contributed by atoms with Crippen molar-refractivity contribution in [3.05, 3.63) is 81.6 Å². The third kappa shape index (κ3) is 9.31. The zero-order chi connectivity index (χ0) is 36.0. The fourth-order valence-electron chi connectivity index (χ4n) is 5.83. The molecule has 2 aliphatic carbocycles. The SMILES string of the molecule is NC(=O)CN(CCCCc1cc(Cl)c(COC2(c3cnccc3-c3ccccc3OC3CC3)CC2)cc1Cl)C(=O)[C@@H](O)[C@@H](O)[C@H](O)[C@@H](O)CO. The molecule has 0 unspecified atom stereocenters. The van der Waals surface area contributed by atoms with Crippen molar-refractivity contribution in [2.24, 2.45) is 5.73 Å². The summed E-state index contributed by atoms with van der Waals surface area (Å²) in [5, 5.41) is 49.8. The summed E-state index contributed by atoms with van der Waals surface area (Å²) in [5.41, 5.74) is 9.29. The number of nitrogens with zero attached hydrogens (tertiary/aromatic N) is 2. The smallest absolute Gasteiger partial charge is 0.254 e. The molecule has 1 heterocycles. The van der Waals surface area contributed by atoms with Crippen LogP contribution in [0, 0.1) is 0 Å². The molecule has 0 radical (unpaired) electrons. The molecule has 4 atom stereocenters. The summed E-state index contributed by atoms with van der Waals surface area (Å²) < 4.78 is 12.8. The number of hydrogen-bond acceptors (Lipinski definition) is 10. The average Bonchev–Trinajstić information content (AvgIpc) is 4.06. The molecule has 3 aromatic rings. The highest BCUT2D eigenvalue weighted by Crippen LogP contribution is 2.53. The number of para-hydroxylation sites is 1. The molecule has 2 aliphatic rings. The predicted molar refractivity (Wildman–Crippen MR) is 185 cm³/mol. The Morgan fingerprint density at radius 1 is 0.980 bits per heavy atom. The van der Waals surface area contributed by atoms with Gasteiger partial charge in [0, 0.05) is 40.1 Å². The van der Waals surface area contributed by atoms with Gasteiger partial charge < -0.3 is 45.6 Å². The lowest BCUT2D eigenvalue weighted by atomic mass is 9.96. The maximum absolute atomic E-state index is 12.8. The van der Waals surface area contributed by atoms with Gasteiger partial charge in [0.2, 0.25) is 5.91 Å². The van der Waals surface area contributed by atoms with Gasteiger partial charge in [0.05, 0.1) is 31.5 Å². The van der Waals surface area contributed by atoms with Crippen molar-refractivity contribution in [1.29, 1.82) is 0 Å². The van der Waals surface area contributed by atoms with E-state index in [-0.39, 0.29) is 19.3 Å². The molecule has 2 fully saturated rings. The lowest BCUT2D eigenvalue weighted by Crippen LogP contribution is -2.53. The number of carbonyl (C=O) groups excluding carboxylic acids is 2. The number of primary amides is 1. The van der Waals surface area contributed by atoms with Crippen molar-refractivity contribution >= 4 is 35.0 Å². The molecule has 14 heteroatoms. The Morgan fingerprint density at radius 3 is 2.36 bits per heavy atom. The van der Waals surface area contributed by atoms with E-state index in [2.05, 4.69) is 11.1 Å². The van der Waals surface area contributed by atoms with Crippen LogP contribution in [0.2, 0.25) is 10.0 Å². The second kappa shape index (κ2) is 16.8. The number of hydrogen-bond donors (Lipinski definition) is 6. The van der Waals surface area contributed by atoms with E-state index in [0.29, 0.717) is 29.3 Å². The normalized spacial score (nSPS) is 17.4. The summed E-state index contributed by atoms with van der Waals surface area (Å²) in [4.78, 5) is 29.8. The van der Waals surface area contributed by atoms with Crippen molar-refractivity contribution < 1.29 is 44.6 Å². The lowest BCUT2D eigenvalue weighted by molar-refractivity contribution is -0.159. The van der Waals surface area contributed by atoms with Gasteiger partial charge in [0.25, 0.3) is 5.91 Å². The number of ether oxygens (including phenoxy) is 2. The van der Waals surface area contributed by atoms with E-state index in [9.17, 15) is 30.0 Å². The van der Waals surface area contributed by atoms with E-state index < -0.39 is 55.0 Å². The summed E-state index contributed by atoms with van der Waals surface area (Å²) in [7, 11) is 0. The van der Waals surface area contributed by atoms with Crippen LogP contribution in [-0.2, 0) is 33.0 Å².